The third kappa shape index (κ3) is 2.08. The Morgan fingerprint density at radius 1 is 0.789 bits per heavy atom. The summed E-state index contributed by atoms with van der Waals surface area (Å²) >= 11 is 0. The van der Waals surface area contributed by atoms with Crippen molar-refractivity contribution in [2.75, 3.05) is 5.73 Å². The fraction of sp³-hybridized carbons (Fsp3) is 0.111. The van der Waals surface area contributed by atoms with Gasteiger partial charge in [0.05, 0.1) is 0 Å². The number of hydrogen-bond acceptors (Lipinski definition) is 1. The van der Waals surface area contributed by atoms with Gasteiger partial charge in [0.15, 0.2) is 0 Å². The van der Waals surface area contributed by atoms with Crippen LogP contribution in [0.15, 0.2) is 54.6 Å². The van der Waals surface area contributed by atoms with Crippen LogP contribution in [0.1, 0.15) is 11.1 Å². The Morgan fingerprint density at radius 2 is 1.58 bits per heavy atom. The highest BCUT2D eigenvalue weighted by molar-refractivity contribution is 5.92. The highest BCUT2D eigenvalue weighted by atomic mass is 14.5. The van der Waals surface area contributed by atoms with E-state index in [1.165, 1.54) is 33.0 Å². The van der Waals surface area contributed by atoms with Gasteiger partial charge in [0.2, 0.25) is 0 Å². The molecule has 0 aromatic heterocycles. The first-order chi connectivity index (χ1) is 9.15. The molecule has 19 heavy (non-hydrogen) atoms. The lowest BCUT2D eigenvalue weighted by Crippen LogP contribution is -1.88. The second kappa shape index (κ2) is 4.43. The molecule has 0 atom stereocenters. The summed E-state index contributed by atoms with van der Waals surface area (Å²) in [5.41, 5.74) is 11.8. The summed E-state index contributed by atoms with van der Waals surface area (Å²) < 4.78 is 0. The molecule has 94 valence electrons. The highest BCUT2D eigenvalue weighted by Crippen LogP contribution is 2.29. The van der Waals surface area contributed by atoms with Crippen molar-refractivity contribution >= 4 is 16.5 Å². The Labute approximate surface area is 113 Å². The summed E-state index contributed by atoms with van der Waals surface area (Å²) in [7, 11) is 0. The maximum absolute atomic E-state index is 5.94. The second-order valence-corrected chi connectivity index (χ2v) is 5.09. The lowest BCUT2D eigenvalue weighted by Gasteiger charge is -2.09. The molecule has 3 rings (SSSR count). The number of nitrogens with two attached hydrogens (primary N) is 1. The van der Waals surface area contributed by atoms with E-state index in [4.69, 9.17) is 5.73 Å². The lowest BCUT2D eigenvalue weighted by atomic mass is 9.96. The molecule has 0 fully saturated rings. The van der Waals surface area contributed by atoms with E-state index in [0.29, 0.717) is 0 Å². The maximum atomic E-state index is 5.94. The molecular formula is C18H17N. The Morgan fingerprint density at radius 3 is 2.37 bits per heavy atom. The summed E-state index contributed by atoms with van der Waals surface area (Å²) in [6, 6.07) is 19.1. The molecule has 0 saturated heterocycles. The van der Waals surface area contributed by atoms with Crippen molar-refractivity contribution in [1.29, 1.82) is 0 Å². The van der Waals surface area contributed by atoms with E-state index in [9.17, 15) is 0 Å². The summed E-state index contributed by atoms with van der Waals surface area (Å²) in [4.78, 5) is 0. The third-order valence-electron chi connectivity index (χ3n) is 3.64. The first-order valence-electron chi connectivity index (χ1n) is 6.51. The molecule has 0 spiro atoms. The van der Waals surface area contributed by atoms with Crippen molar-refractivity contribution in [3.8, 4) is 11.1 Å². The normalized spacial score (nSPS) is 10.8. The molecule has 0 heterocycles. The van der Waals surface area contributed by atoms with E-state index in [1.807, 2.05) is 12.1 Å². The van der Waals surface area contributed by atoms with E-state index in [1.54, 1.807) is 0 Å². The molecular weight excluding hydrogens is 230 g/mol. The number of fused-ring (bicyclic) bond motifs is 1. The van der Waals surface area contributed by atoms with Crippen LogP contribution < -0.4 is 5.73 Å². The van der Waals surface area contributed by atoms with Gasteiger partial charge in [0, 0.05) is 5.69 Å². The van der Waals surface area contributed by atoms with Crippen LogP contribution >= 0.6 is 0 Å². The molecule has 2 N–H and O–H groups in total. The summed E-state index contributed by atoms with van der Waals surface area (Å²) in [5, 5.41) is 2.48. The second-order valence-electron chi connectivity index (χ2n) is 5.09. The minimum absolute atomic E-state index is 0.826. The summed E-state index contributed by atoms with van der Waals surface area (Å²) in [6.45, 7) is 4.25. The molecule has 1 nitrogen and oxygen atoms in total. The van der Waals surface area contributed by atoms with Crippen LogP contribution in [0.5, 0.6) is 0 Å². The highest BCUT2D eigenvalue weighted by Gasteiger charge is 2.04. The molecule has 0 radical (unpaired) electrons. The molecule has 0 aliphatic rings. The first kappa shape index (κ1) is 11.8. The molecule has 0 aliphatic heterocycles. The van der Waals surface area contributed by atoms with Crippen LogP contribution in [-0.2, 0) is 0 Å². The minimum atomic E-state index is 0.826. The van der Waals surface area contributed by atoms with Gasteiger partial charge < -0.3 is 5.73 Å². The zero-order valence-electron chi connectivity index (χ0n) is 11.3. The van der Waals surface area contributed by atoms with Crippen molar-refractivity contribution in [2.45, 2.75) is 13.8 Å². The maximum Gasteiger partial charge on any atom is 0.0323 e. The van der Waals surface area contributed by atoms with E-state index < -0.39 is 0 Å². The molecule has 0 bridgehead atoms. The third-order valence-corrected chi connectivity index (χ3v) is 3.64. The molecule has 0 unspecified atom stereocenters. The predicted octanol–water partition coefficient (Wildman–Crippen LogP) is 4.71. The molecule has 0 amide bonds. The van der Waals surface area contributed by atoms with Gasteiger partial charge in [-0.05, 0) is 65.1 Å². The summed E-state index contributed by atoms with van der Waals surface area (Å²) in [6.07, 6.45) is 0. The number of benzene rings is 3. The number of hydrogen-bond donors (Lipinski definition) is 1. The van der Waals surface area contributed by atoms with Crippen LogP contribution in [0.2, 0.25) is 0 Å². The van der Waals surface area contributed by atoms with Gasteiger partial charge in [-0.25, -0.2) is 0 Å². The Balaban J connectivity index is 2.25. The van der Waals surface area contributed by atoms with Gasteiger partial charge in [0.1, 0.15) is 0 Å². The number of aryl methyl sites for hydroxylation is 2. The molecule has 0 aliphatic carbocycles. The van der Waals surface area contributed by atoms with Gasteiger partial charge in [-0.2, -0.15) is 0 Å². The predicted molar refractivity (Wildman–Crippen MR) is 83.3 cm³/mol. The van der Waals surface area contributed by atoms with Gasteiger partial charge in [-0.3, -0.25) is 0 Å². The van der Waals surface area contributed by atoms with Crippen molar-refractivity contribution in [3.63, 3.8) is 0 Å². The summed E-state index contributed by atoms with van der Waals surface area (Å²) in [5.74, 6) is 0. The van der Waals surface area contributed by atoms with Crippen LogP contribution in [0.4, 0.5) is 5.69 Å². The number of nitrogen functional groups attached to an aromatic ring is 1. The van der Waals surface area contributed by atoms with Crippen molar-refractivity contribution < 1.29 is 0 Å². The first-order valence-corrected chi connectivity index (χ1v) is 6.51. The Bertz CT molecular complexity index is 757. The quantitative estimate of drug-likeness (QED) is 0.619. The van der Waals surface area contributed by atoms with Crippen LogP contribution in [0.25, 0.3) is 21.9 Å². The van der Waals surface area contributed by atoms with Gasteiger partial charge >= 0.3 is 0 Å². The van der Waals surface area contributed by atoms with Crippen molar-refractivity contribution in [1.82, 2.24) is 0 Å². The largest absolute Gasteiger partial charge is 0.399 e. The zero-order valence-corrected chi connectivity index (χ0v) is 11.3. The smallest absolute Gasteiger partial charge is 0.0323 e. The fourth-order valence-electron chi connectivity index (χ4n) is 2.65. The number of rotatable bonds is 1. The van der Waals surface area contributed by atoms with E-state index in [0.717, 1.165) is 5.69 Å². The fourth-order valence-corrected chi connectivity index (χ4v) is 2.65. The van der Waals surface area contributed by atoms with Gasteiger partial charge in [0.25, 0.3) is 0 Å². The van der Waals surface area contributed by atoms with Crippen LogP contribution in [0.3, 0.4) is 0 Å². The molecule has 3 aromatic carbocycles. The van der Waals surface area contributed by atoms with Gasteiger partial charge in [-0.1, -0.05) is 36.4 Å². The monoisotopic (exact) mass is 247 g/mol. The molecule has 0 saturated carbocycles. The zero-order chi connectivity index (χ0) is 13.4. The van der Waals surface area contributed by atoms with E-state index >= 15 is 0 Å². The Kier molecular flexibility index (Phi) is 2.75. The van der Waals surface area contributed by atoms with Crippen molar-refractivity contribution in [3.05, 3.63) is 65.7 Å². The molecule has 3 aromatic rings. The van der Waals surface area contributed by atoms with Crippen LogP contribution in [-0.4, -0.2) is 0 Å². The van der Waals surface area contributed by atoms with Gasteiger partial charge in [-0.15, -0.1) is 0 Å². The van der Waals surface area contributed by atoms with E-state index in [2.05, 4.69) is 56.3 Å². The molecule has 1 heteroatoms. The number of anilines is 1. The average Bonchev–Trinajstić information content (AvgIpc) is 2.38. The van der Waals surface area contributed by atoms with Crippen molar-refractivity contribution in [2.24, 2.45) is 0 Å². The topological polar surface area (TPSA) is 26.0 Å². The Hall–Kier alpha value is -2.28. The van der Waals surface area contributed by atoms with Crippen LogP contribution in [0, 0.1) is 13.8 Å². The SMILES string of the molecule is Cc1ccccc1-c1ccc2c(C)cc(N)cc2c1. The minimum Gasteiger partial charge on any atom is -0.399 e. The standard InChI is InChI=1S/C18H17N/c1-12-5-3-4-6-17(12)14-7-8-18-13(2)9-16(19)11-15(18)10-14/h3-11H,19H2,1-2H3. The average molecular weight is 247 g/mol. The van der Waals surface area contributed by atoms with E-state index in [-0.39, 0.29) is 0 Å². The lowest BCUT2D eigenvalue weighted by molar-refractivity contribution is 1.46.